The van der Waals surface area contributed by atoms with Crippen molar-refractivity contribution in [3.05, 3.63) is 87.4 Å². The highest BCUT2D eigenvalue weighted by atomic mass is 35.5. The van der Waals surface area contributed by atoms with Gasteiger partial charge in [-0.2, -0.15) is 0 Å². The van der Waals surface area contributed by atoms with Gasteiger partial charge in [-0.3, -0.25) is 0 Å². The average Bonchev–Trinajstić information content (AvgIpc) is 2.73. The summed E-state index contributed by atoms with van der Waals surface area (Å²) in [7, 11) is 1.58. The van der Waals surface area contributed by atoms with E-state index in [-0.39, 0.29) is 5.56 Å². The van der Waals surface area contributed by atoms with Gasteiger partial charge in [0.2, 0.25) is 0 Å². The van der Waals surface area contributed by atoms with Crippen molar-refractivity contribution in [2.75, 3.05) is 12.4 Å². The topological polar surface area (TPSA) is 67.8 Å². The molecular formula is C24H24ClNO4. The first-order chi connectivity index (χ1) is 14.4. The SMILES string of the molecule is COc1cc(CNc2cc(C(=O)O)ccc2C)c(Cl)cc1OCc1ccccc1C. The summed E-state index contributed by atoms with van der Waals surface area (Å²) in [5.41, 5.74) is 4.98. The first-order valence-electron chi connectivity index (χ1n) is 9.50. The van der Waals surface area contributed by atoms with Crippen LogP contribution in [0.1, 0.15) is 32.6 Å². The van der Waals surface area contributed by atoms with Gasteiger partial charge in [0.05, 0.1) is 12.7 Å². The van der Waals surface area contributed by atoms with Gasteiger partial charge in [0.15, 0.2) is 11.5 Å². The zero-order valence-corrected chi connectivity index (χ0v) is 17.9. The summed E-state index contributed by atoms with van der Waals surface area (Å²) in [5, 5.41) is 13.0. The van der Waals surface area contributed by atoms with Crippen molar-refractivity contribution in [1.82, 2.24) is 0 Å². The zero-order valence-electron chi connectivity index (χ0n) is 17.2. The Bertz CT molecular complexity index is 1070. The van der Waals surface area contributed by atoms with Gasteiger partial charge in [0, 0.05) is 23.3 Å². The van der Waals surface area contributed by atoms with Crippen LogP contribution in [0.15, 0.2) is 54.6 Å². The third-order valence-electron chi connectivity index (χ3n) is 4.93. The van der Waals surface area contributed by atoms with E-state index in [1.165, 1.54) is 0 Å². The molecule has 0 radical (unpaired) electrons. The second-order valence-corrected chi connectivity index (χ2v) is 7.41. The average molecular weight is 426 g/mol. The van der Waals surface area contributed by atoms with Gasteiger partial charge in [0.25, 0.3) is 0 Å². The highest BCUT2D eigenvalue weighted by Crippen LogP contribution is 2.34. The molecule has 3 aromatic rings. The summed E-state index contributed by atoms with van der Waals surface area (Å²) in [4.78, 5) is 11.2. The lowest BCUT2D eigenvalue weighted by Crippen LogP contribution is -2.05. The van der Waals surface area contributed by atoms with Crippen molar-refractivity contribution in [2.24, 2.45) is 0 Å². The lowest BCUT2D eigenvalue weighted by molar-refractivity contribution is 0.0697. The van der Waals surface area contributed by atoms with E-state index in [2.05, 4.69) is 5.32 Å². The van der Waals surface area contributed by atoms with Crippen molar-refractivity contribution < 1.29 is 19.4 Å². The minimum atomic E-state index is -0.965. The third kappa shape index (κ3) is 5.05. The van der Waals surface area contributed by atoms with E-state index >= 15 is 0 Å². The van der Waals surface area contributed by atoms with Gasteiger partial charge in [-0.25, -0.2) is 4.79 Å². The quantitative estimate of drug-likeness (QED) is 0.473. The molecule has 5 nitrogen and oxygen atoms in total. The molecule has 0 heterocycles. The number of ether oxygens (including phenoxy) is 2. The second kappa shape index (κ2) is 9.55. The molecule has 0 amide bonds. The van der Waals surface area contributed by atoms with Crippen LogP contribution in [-0.2, 0) is 13.2 Å². The van der Waals surface area contributed by atoms with Crippen LogP contribution in [-0.4, -0.2) is 18.2 Å². The number of aryl methyl sites for hydroxylation is 2. The Balaban J connectivity index is 1.76. The number of benzene rings is 3. The largest absolute Gasteiger partial charge is 0.493 e. The van der Waals surface area contributed by atoms with E-state index in [1.54, 1.807) is 31.4 Å². The Hall–Kier alpha value is -3.18. The first kappa shape index (κ1) is 21.5. The van der Waals surface area contributed by atoms with E-state index in [0.717, 1.165) is 27.9 Å². The predicted octanol–water partition coefficient (Wildman–Crippen LogP) is 5.85. The monoisotopic (exact) mass is 425 g/mol. The number of hydrogen-bond donors (Lipinski definition) is 2. The molecule has 30 heavy (non-hydrogen) atoms. The molecule has 0 saturated carbocycles. The van der Waals surface area contributed by atoms with E-state index in [1.807, 2.05) is 44.2 Å². The number of anilines is 1. The smallest absolute Gasteiger partial charge is 0.335 e. The Kier molecular flexibility index (Phi) is 6.85. The van der Waals surface area contributed by atoms with Gasteiger partial charge in [0.1, 0.15) is 6.61 Å². The van der Waals surface area contributed by atoms with Gasteiger partial charge in [-0.15, -0.1) is 0 Å². The second-order valence-electron chi connectivity index (χ2n) is 7.00. The van der Waals surface area contributed by atoms with Crippen LogP contribution < -0.4 is 14.8 Å². The van der Waals surface area contributed by atoms with E-state index in [4.69, 9.17) is 21.1 Å². The normalized spacial score (nSPS) is 10.5. The maximum atomic E-state index is 11.2. The van der Waals surface area contributed by atoms with Crippen molar-refractivity contribution in [1.29, 1.82) is 0 Å². The predicted molar refractivity (Wildman–Crippen MR) is 119 cm³/mol. The fraction of sp³-hybridized carbons (Fsp3) is 0.208. The number of carbonyl (C=O) groups is 1. The molecule has 0 saturated heterocycles. The molecule has 0 aliphatic heterocycles. The summed E-state index contributed by atoms with van der Waals surface area (Å²) in [6.45, 7) is 4.78. The number of aromatic carboxylic acids is 1. The molecule has 0 bridgehead atoms. The molecular weight excluding hydrogens is 402 g/mol. The molecule has 0 spiro atoms. The number of rotatable bonds is 8. The number of halogens is 1. The molecule has 0 aliphatic carbocycles. The van der Waals surface area contributed by atoms with Crippen LogP contribution >= 0.6 is 11.6 Å². The molecule has 3 aromatic carbocycles. The number of carboxylic acids is 1. The van der Waals surface area contributed by atoms with Gasteiger partial charge in [-0.1, -0.05) is 41.9 Å². The van der Waals surface area contributed by atoms with E-state index in [9.17, 15) is 9.90 Å². The van der Waals surface area contributed by atoms with E-state index in [0.29, 0.717) is 29.7 Å². The Labute approximate surface area is 181 Å². The van der Waals surface area contributed by atoms with Crippen molar-refractivity contribution >= 4 is 23.3 Å². The third-order valence-corrected chi connectivity index (χ3v) is 5.28. The Morgan fingerprint density at radius 2 is 1.77 bits per heavy atom. The van der Waals surface area contributed by atoms with Crippen molar-refractivity contribution in [3.8, 4) is 11.5 Å². The lowest BCUT2D eigenvalue weighted by Gasteiger charge is -2.16. The molecule has 0 unspecified atom stereocenters. The lowest BCUT2D eigenvalue weighted by atomic mass is 10.1. The molecule has 0 fully saturated rings. The minimum Gasteiger partial charge on any atom is -0.493 e. The molecule has 0 aromatic heterocycles. The van der Waals surface area contributed by atoms with Gasteiger partial charge < -0.3 is 19.9 Å². The zero-order chi connectivity index (χ0) is 21.7. The fourth-order valence-corrected chi connectivity index (χ4v) is 3.27. The first-order valence-corrected chi connectivity index (χ1v) is 9.88. The highest BCUT2D eigenvalue weighted by molar-refractivity contribution is 6.31. The fourth-order valence-electron chi connectivity index (χ4n) is 3.05. The van der Waals surface area contributed by atoms with Crippen LogP contribution in [0.25, 0.3) is 0 Å². The summed E-state index contributed by atoms with van der Waals surface area (Å²) in [6, 6.07) is 16.6. The molecule has 156 valence electrons. The van der Waals surface area contributed by atoms with Crippen LogP contribution in [0.3, 0.4) is 0 Å². The van der Waals surface area contributed by atoms with Crippen LogP contribution in [0.5, 0.6) is 11.5 Å². The van der Waals surface area contributed by atoms with Crippen molar-refractivity contribution in [2.45, 2.75) is 27.0 Å². The molecule has 3 rings (SSSR count). The van der Waals surface area contributed by atoms with Gasteiger partial charge in [-0.05, 0) is 54.3 Å². The number of methoxy groups -OCH3 is 1. The number of carboxylic acid groups (broad SMARTS) is 1. The van der Waals surface area contributed by atoms with Crippen LogP contribution in [0, 0.1) is 13.8 Å². The highest BCUT2D eigenvalue weighted by Gasteiger charge is 2.13. The van der Waals surface area contributed by atoms with E-state index < -0.39 is 5.97 Å². The minimum absolute atomic E-state index is 0.228. The van der Waals surface area contributed by atoms with Crippen LogP contribution in [0.2, 0.25) is 5.02 Å². The molecule has 0 aliphatic rings. The van der Waals surface area contributed by atoms with Gasteiger partial charge >= 0.3 is 5.97 Å². The van der Waals surface area contributed by atoms with Crippen LogP contribution in [0.4, 0.5) is 5.69 Å². The Morgan fingerprint density at radius 3 is 2.47 bits per heavy atom. The summed E-state index contributed by atoms with van der Waals surface area (Å²) in [6.07, 6.45) is 0. The molecule has 6 heteroatoms. The number of hydrogen-bond acceptors (Lipinski definition) is 4. The summed E-state index contributed by atoms with van der Waals surface area (Å²) in [5.74, 6) is 0.187. The maximum absolute atomic E-state index is 11.2. The summed E-state index contributed by atoms with van der Waals surface area (Å²) < 4.78 is 11.5. The molecule has 0 atom stereocenters. The standard InChI is InChI=1S/C24H24ClNO4/c1-15-6-4-5-7-18(15)14-30-23-12-20(25)19(11-22(23)29-3)13-26-21-10-17(24(27)28)9-8-16(21)2/h4-12,26H,13-14H2,1-3H3,(H,27,28). The maximum Gasteiger partial charge on any atom is 0.335 e. The van der Waals surface area contributed by atoms with Crippen molar-refractivity contribution in [3.63, 3.8) is 0 Å². The molecule has 2 N–H and O–H groups in total. The Morgan fingerprint density at radius 1 is 1.00 bits per heavy atom. The summed E-state index contributed by atoms with van der Waals surface area (Å²) >= 11 is 6.49. The number of nitrogens with one attached hydrogen (secondary N) is 1.